The third kappa shape index (κ3) is 4.75. The molecule has 0 aromatic carbocycles. The van der Waals surface area contributed by atoms with E-state index in [-0.39, 0.29) is 6.10 Å². The summed E-state index contributed by atoms with van der Waals surface area (Å²) in [6, 6.07) is 4.30. The molecule has 1 N–H and O–H groups in total. The second-order valence-electron chi connectivity index (χ2n) is 3.46. The van der Waals surface area contributed by atoms with Gasteiger partial charge in [0.2, 0.25) is 0 Å². The van der Waals surface area contributed by atoms with Gasteiger partial charge in [-0.1, -0.05) is 0 Å². The number of methoxy groups -OCH3 is 2. The normalized spacial score (nSPS) is 13.0. The number of aryl methyl sites for hydroxylation is 1. The first-order chi connectivity index (χ1) is 7.26. The average molecular weight is 229 g/mol. The summed E-state index contributed by atoms with van der Waals surface area (Å²) in [6.45, 7) is 4.48. The van der Waals surface area contributed by atoms with Crippen LogP contribution in [-0.4, -0.2) is 33.5 Å². The Kier molecular flexibility index (Phi) is 5.86. The van der Waals surface area contributed by atoms with Gasteiger partial charge in [-0.05, 0) is 19.1 Å². The topological polar surface area (TPSA) is 30.5 Å². The van der Waals surface area contributed by atoms with Gasteiger partial charge in [0.1, 0.15) is 0 Å². The standard InChI is InChI=1S/C11H19NO2S/c1-9-4-5-11(15-9)7-12-6-10(14-3)8-13-2/h4-5,10,12H,6-8H2,1-3H3. The SMILES string of the molecule is COCC(CNCc1ccc(C)s1)OC. The van der Waals surface area contributed by atoms with E-state index in [2.05, 4.69) is 24.4 Å². The highest BCUT2D eigenvalue weighted by atomic mass is 32.1. The smallest absolute Gasteiger partial charge is 0.0928 e. The number of nitrogens with one attached hydrogen (secondary N) is 1. The Bertz CT molecular complexity index is 275. The van der Waals surface area contributed by atoms with Crippen molar-refractivity contribution in [3.8, 4) is 0 Å². The number of thiophene rings is 1. The average Bonchev–Trinajstić information content (AvgIpc) is 2.63. The van der Waals surface area contributed by atoms with Gasteiger partial charge in [-0.25, -0.2) is 0 Å². The molecule has 1 rings (SSSR count). The Morgan fingerprint density at radius 2 is 2.20 bits per heavy atom. The molecular formula is C11H19NO2S. The van der Waals surface area contributed by atoms with Gasteiger partial charge >= 0.3 is 0 Å². The van der Waals surface area contributed by atoms with E-state index in [1.54, 1.807) is 14.2 Å². The monoisotopic (exact) mass is 229 g/mol. The van der Waals surface area contributed by atoms with Crippen LogP contribution in [0.25, 0.3) is 0 Å². The van der Waals surface area contributed by atoms with Crippen molar-refractivity contribution in [1.29, 1.82) is 0 Å². The molecule has 0 spiro atoms. The molecule has 1 aromatic rings. The Hall–Kier alpha value is -0.420. The van der Waals surface area contributed by atoms with Crippen molar-refractivity contribution >= 4 is 11.3 Å². The van der Waals surface area contributed by atoms with Crippen molar-refractivity contribution in [3.63, 3.8) is 0 Å². The van der Waals surface area contributed by atoms with Crippen LogP contribution < -0.4 is 5.32 Å². The van der Waals surface area contributed by atoms with E-state index in [1.165, 1.54) is 9.75 Å². The van der Waals surface area contributed by atoms with E-state index >= 15 is 0 Å². The minimum absolute atomic E-state index is 0.135. The first-order valence-electron chi connectivity index (χ1n) is 5.04. The highest BCUT2D eigenvalue weighted by molar-refractivity contribution is 7.11. The van der Waals surface area contributed by atoms with Crippen LogP contribution in [-0.2, 0) is 16.0 Å². The lowest BCUT2D eigenvalue weighted by Crippen LogP contribution is -2.31. The molecule has 1 unspecified atom stereocenters. The highest BCUT2D eigenvalue weighted by Gasteiger charge is 2.05. The molecule has 0 amide bonds. The molecule has 15 heavy (non-hydrogen) atoms. The number of rotatable bonds is 7. The molecule has 0 fully saturated rings. The molecule has 1 atom stereocenters. The third-order valence-corrected chi connectivity index (χ3v) is 3.15. The molecule has 0 aliphatic rings. The Labute approximate surface area is 95.4 Å². The van der Waals surface area contributed by atoms with Crippen LogP contribution in [0.5, 0.6) is 0 Å². The van der Waals surface area contributed by atoms with E-state index in [9.17, 15) is 0 Å². The van der Waals surface area contributed by atoms with Crippen molar-refractivity contribution in [3.05, 3.63) is 21.9 Å². The van der Waals surface area contributed by atoms with Crippen LogP contribution >= 0.6 is 11.3 Å². The van der Waals surface area contributed by atoms with Crippen LogP contribution in [0.3, 0.4) is 0 Å². The maximum absolute atomic E-state index is 5.25. The van der Waals surface area contributed by atoms with Gasteiger partial charge in [0, 0.05) is 37.1 Å². The van der Waals surface area contributed by atoms with Crippen molar-refractivity contribution in [1.82, 2.24) is 5.32 Å². The summed E-state index contributed by atoms with van der Waals surface area (Å²) in [7, 11) is 3.40. The van der Waals surface area contributed by atoms with E-state index < -0.39 is 0 Å². The minimum Gasteiger partial charge on any atom is -0.382 e. The number of hydrogen-bond donors (Lipinski definition) is 1. The molecule has 1 heterocycles. The summed E-state index contributed by atoms with van der Waals surface area (Å²) < 4.78 is 10.3. The van der Waals surface area contributed by atoms with E-state index in [0.29, 0.717) is 6.61 Å². The molecule has 0 bridgehead atoms. The first-order valence-corrected chi connectivity index (χ1v) is 5.85. The van der Waals surface area contributed by atoms with Crippen LogP contribution in [0, 0.1) is 6.92 Å². The van der Waals surface area contributed by atoms with E-state index in [1.807, 2.05) is 11.3 Å². The minimum atomic E-state index is 0.135. The fourth-order valence-corrected chi connectivity index (χ4v) is 2.19. The van der Waals surface area contributed by atoms with E-state index in [0.717, 1.165) is 13.1 Å². The van der Waals surface area contributed by atoms with Crippen LogP contribution in [0.15, 0.2) is 12.1 Å². The summed E-state index contributed by atoms with van der Waals surface area (Å²) in [5, 5.41) is 3.36. The zero-order chi connectivity index (χ0) is 11.1. The quantitative estimate of drug-likeness (QED) is 0.773. The molecule has 3 nitrogen and oxygen atoms in total. The predicted octanol–water partition coefficient (Wildman–Crippen LogP) is 1.81. The van der Waals surface area contributed by atoms with Crippen molar-refractivity contribution in [2.75, 3.05) is 27.4 Å². The van der Waals surface area contributed by atoms with Crippen LogP contribution in [0.4, 0.5) is 0 Å². The molecule has 0 aliphatic heterocycles. The summed E-state index contributed by atoms with van der Waals surface area (Å²) in [4.78, 5) is 2.71. The lowest BCUT2D eigenvalue weighted by Gasteiger charge is -2.14. The van der Waals surface area contributed by atoms with Gasteiger partial charge < -0.3 is 14.8 Å². The summed E-state index contributed by atoms with van der Waals surface area (Å²) in [6.07, 6.45) is 0.135. The predicted molar refractivity (Wildman–Crippen MR) is 63.4 cm³/mol. The van der Waals surface area contributed by atoms with Gasteiger partial charge in [-0.3, -0.25) is 0 Å². The number of ether oxygens (including phenoxy) is 2. The lowest BCUT2D eigenvalue weighted by molar-refractivity contribution is 0.0288. The van der Waals surface area contributed by atoms with Crippen LogP contribution in [0.1, 0.15) is 9.75 Å². The Morgan fingerprint density at radius 1 is 1.40 bits per heavy atom. The fourth-order valence-electron chi connectivity index (χ4n) is 1.33. The highest BCUT2D eigenvalue weighted by Crippen LogP contribution is 2.14. The summed E-state index contributed by atoms with van der Waals surface area (Å²) in [5.74, 6) is 0. The van der Waals surface area contributed by atoms with Gasteiger partial charge in [-0.15, -0.1) is 11.3 Å². The lowest BCUT2D eigenvalue weighted by atomic mass is 10.3. The summed E-state index contributed by atoms with van der Waals surface area (Å²) >= 11 is 1.83. The van der Waals surface area contributed by atoms with Crippen LogP contribution in [0.2, 0.25) is 0 Å². The molecule has 0 saturated carbocycles. The summed E-state index contributed by atoms with van der Waals surface area (Å²) in [5.41, 5.74) is 0. The zero-order valence-corrected chi connectivity index (χ0v) is 10.4. The van der Waals surface area contributed by atoms with Gasteiger partial charge in [0.05, 0.1) is 12.7 Å². The van der Waals surface area contributed by atoms with Gasteiger partial charge in [-0.2, -0.15) is 0 Å². The van der Waals surface area contributed by atoms with E-state index in [4.69, 9.17) is 9.47 Å². The van der Waals surface area contributed by atoms with Gasteiger partial charge in [0.25, 0.3) is 0 Å². The first kappa shape index (κ1) is 12.6. The molecule has 0 radical (unpaired) electrons. The molecule has 4 heteroatoms. The number of hydrogen-bond acceptors (Lipinski definition) is 4. The molecule has 86 valence electrons. The second-order valence-corrected chi connectivity index (χ2v) is 4.83. The van der Waals surface area contributed by atoms with Crippen molar-refractivity contribution in [2.24, 2.45) is 0 Å². The zero-order valence-electron chi connectivity index (χ0n) is 9.58. The Balaban J connectivity index is 2.20. The van der Waals surface area contributed by atoms with Gasteiger partial charge in [0.15, 0.2) is 0 Å². The maximum Gasteiger partial charge on any atom is 0.0928 e. The van der Waals surface area contributed by atoms with Crippen molar-refractivity contribution < 1.29 is 9.47 Å². The molecule has 1 aromatic heterocycles. The Morgan fingerprint density at radius 3 is 2.73 bits per heavy atom. The second kappa shape index (κ2) is 6.95. The molecule has 0 aliphatic carbocycles. The van der Waals surface area contributed by atoms with Crippen molar-refractivity contribution in [2.45, 2.75) is 19.6 Å². The largest absolute Gasteiger partial charge is 0.382 e. The fraction of sp³-hybridized carbons (Fsp3) is 0.636. The maximum atomic E-state index is 5.25. The molecule has 0 saturated heterocycles. The third-order valence-electron chi connectivity index (χ3n) is 2.15. The molecular weight excluding hydrogens is 210 g/mol.